The Kier molecular flexibility index (Phi) is 5.89. The van der Waals surface area contributed by atoms with Gasteiger partial charge < -0.3 is 10.0 Å². The summed E-state index contributed by atoms with van der Waals surface area (Å²) in [6.07, 6.45) is 0. The second-order valence-electron chi connectivity index (χ2n) is 4.13. The van der Waals surface area contributed by atoms with Crippen molar-refractivity contribution in [3.05, 3.63) is 29.8 Å². The van der Waals surface area contributed by atoms with E-state index in [0.29, 0.717) is 11.5 Å². The fourth-order valence-electron chi connectivity index (χ4n) is 1.51. The van der Waals surface area contributed by atoms with Crippen LogP contribution in [0.1, 0.15) is 24.2 Å². The van der Waals surface area contributed by atoms with E-state index in [1.807, 2.05) is 19.2 Å². The molecule has 1 aromatic carbocycles. The van der Waals surface area contributed by atoms with Crippen molar-refractivity contribution in [1.29, 1.82) is 0 Å². The third kappa shape index (κ3) is 4.11. The first kappa shape index (κ1) is 14.8. The van der Waals surface area contributed by atoms with Gasteiger partial charge in [0, 0.05) is 19.3 Å². The van der Waals surface area contributed by atoms with E-state index in [-0.39, 0.29) is 12.4 Å². The number of hydrogen-bond donors (Lipinski definition) is 1. The highest BCUT2D eigenvalue weighted by atomic mass is 35.5. The predicted octanol–water partition coefficient (Wildman–Crippen LogP) is 2.90. The van der Waals surface area contributed by atoms with E-state index in [4.69, 9.17) is 5.11 Å². The van der Waals surface area contributed by atoms with Crippen molar-refractivity contribution in [2.75, 3.05) is 18.5 Å². The van der Waals surface area contributed by atoms with Gasteiger partial charge in [0.1, 0.15) is 0 Å². The van der Waals surface area contributed by atoms with Gasteiger partial charge in [-0.1, -0.05) is 13.8 Å². The second kappa shape index (κ2) is 6.38. The number of benzene rings is 1. The Morgan fingerprint density at radius 1 is 1.31 bits per heavy atom. The molecule has 0 radical (unpaired) electrons. The molecule has 0 atom stereocenters. The van der Waals surface area contributed by atoms with Crippen LogP contribution in [-0.2, 0) is 0 Å². The number of carboxylic acids is 1. The van der Waals surface area contributed by atoms with Crippen LogP contribution in [0.15, 0.2) is 24.3 Å². The van der Waals surface area contributed by atoms with Crippen molar-refractivity contribution < 1.29 is 9.90 Å². The maximum absolute atomic E-state index is 10.6. The highest BCUT2D eigenvalue weighted by Crippen LogP contribution is 2.15. The smallest absolute Gasteiger partial charge is 0.335 e. The molecule has 0 amide bonds. The number of halogens is 1. The first-order valence-corrected chi connectivity index (χ1v) is 5.05. The van der Waals surface area contributed by atoms with E-state index in [0.717, 1.165) is 12.2 Å². The average Bonchev–Trinajstić information content (AvgIpc) is 2.17. The average molecular weight is 244 g/mol. The molecule has 0 bridgehead atoms. The summed E-state index contributed by atoms with van der Waals surface area (Å²) in [6, 6.07) is 6.95. The lowest BCUT2D eigenvalue weighted by molar-refractivity contribution is 0.0697. The highest BCUT2D eigenvalue weighted by molar-refractivity contribution is 5.88. The van der Waals surface area contributed by atoms with Crippen LogP contribution in [0, 0.1) is 5.92 Å². The Labute approximate surface area is 102 Å². The molecule has 16 heavy (non-hydrogen) atoms. The van der Waals surface area contributed by atoms with Crippen LogP contribution in [0.4, 0.5) is 5.69 Å². The van der Waals surface area contributed by atoms with Gasteiger partial charge in [0.2, 0.25) is 0 Å². The van der Waals surface area contributed by atoms with Gasteiger partial charge in [-0.25, -0.2) is 4.79 Å². The maximum atomic E-state index is 10.6. The minimum absolute atomic E-state index is 0. The van der Waals surface area contributed by atoms with Gasteiger partial charge in [-0.3, -0.25) is 0 Å². The molecule has 0 fully saturated rings. The molecular formula is C12H18ClNO2. The minimum Gasteiger partial charge on any atom is -0.478 e. The van der Waals surface area contributed by atoms with Crippen molar-refractivity contribution >= 4 is 24.1 Å². The first-order chi connectivity index (χ1) is 7.00. The summed E-state index contributed by atoms with van der Waals surface area (Å²) in [5.41, 5.74) is 1.38. The second-order valence-corrected chi connectivity index (χ2v) is 4.13. The van der Waals surface area contributed by atoms with Crippen molar-refractivity contribution in [1.82, 2.24) is 0 Å². The molecular weight excluding hydrogens is 226 g/mol. The van der Waals surface area contributed by atoms with Crippen molar-refractivity contribution in [2.24, 2.45) is 5.92 Å². The van der Waals surface area contributed by atoms with Crippen LogP contribution in [0.3, 0.4) is 0 Å². The van der Waals surface area contributed by atoms with Gasteiger partial charge in [-0.05, 0) is 30.2 Å². The van der Waals surface area contributed by atoms with Crippen LogP contribution in [-0.4, -0.2) is 24.7 Å². The zero-order valence-electron chi connectivity index (χ0n) is 9.80. The number of hydrogen-bond acceptors (Lipinski definition) is 2. The van der Waals surface area contributed by atoms with Crippen molar-refractivity contribution in [3.8, 4) is 0 Å². The minimum atomic E-state index is -0.881. The molecule has 1 aromatic rings. The summed E-state index contributed by atoms with van der Waals surface area (Å²) in [5.74, 6) is -0.290. The number of aromatic carboxylic acids is 1. The lowest BCUT2D eigenvalue weighted by Crippen LogP contribution is -2.22. The molecule has 3 nitrogen and oxygen atoms in total. The zero-order chi connectivity index (χ0) is 11.4. The monoisotopic (exact) mass is 243 g/mol. The van der Waals surface area contributed by atoms with Crippen LogP contribution >= 0.6 is 12.4 Å². The molecule has 0 saturated heterocycles. The molecule has 0 aliphatic carbocycles. The highest BCUT2D eigenvalue weighted by Gasteiger charge is 2.05. The molecule has 0 aliphatic heterocycles. The van der Waals surface area contributed by atoms with E-state index < -0.39 is 5.97 Å². The van der Waals surface area contributed by atoms with Crippen LogP contribution in [0.2, 0.25) is 0 Å². The third-order valence-corrected chi connectivity index (χ3v) is 2.19. The molecule has 0 aliphatic rings. The molecule has 4 heteroatoms. The topological polar surface area (TPSA) is 40.5 Å². The summed E-state index contributed by atoms with van der Waals surface area (Å²) in [5, 5.41) is 8.75. The van der Waals surface area contributed by atoms with E-state index in [1.165, 1.54) is 0 Å². The molecule has 0 aromatic heterocycles. The van der Waals surface area contributed by atoms with Gasteiger partial charge in [-0.15, -0.1) is 12.4 Å². The number of nitrogens with zero attached hydrogens (tertiary/aromatic N) is 1. The van der Waals surface area contributed by atoms with Crippen LogP contribution in [0.5, 0.6) is 0 Å². The van der Waals surface area contributed by atoms with Crippen molar-refractivity contribution in [2.45, 2.75) is 13.8 Å². The Hall–Kier alpha value is -1.22. The van der Waals surface area contributed by atoms with Gasteiger partial charge >= 0.3 is 5.97 Å². The quantitative estimate of drug-likeness (QED) is 0.884. The molecule has 0 unspecified atom stereocenters. The zero-order valence-corrected chi connectivity index (χ0v) is 10.6. The normalized spacial score (nSPS) is 9.75. The van der Waals surface area contributed by atoms with Gasteiger partial charge in [0.05, 0.1) is 5.56 Å². The Bertz CT molecular complexity index is 335. The molecule has 1 N–H and O–H groups in total. The van der Waals surface area contributed by atoms with E-state index >= 15 is 0 Å². The summed E-state index contributed by atoms with van der Waals surface area (Å²) < 4.78 is 0. The van der Waals surface area contributed by atoms with E-state index in [1.54, 1.807) is 12.1 Å². The fraction of sp³-hybridized carbons (Fsp3) is 0.417. The maximum Gasteiger partial charge on any atom is 0.335 e. The SMILES string of the molecule is CC(C)CN(C)c1ccc(C(=O)O)cc1.Cl. The van der Waals surface area contributed by atoms with Crippen LogP contribution in [0.25, 0.3) is 0 Å². The third-order valence-electron chi connectivity index (χ3n) is 2.19. The summed E-state index contributed by atoms with van der Waals surface area (Å²) in [7, 11) is 2.01. The number of carbonyl (C=O) groups is 1. The van der Waals surface area contributed by atoms with Gasteiger partial charge in [0.25, 0.3) is 0 Å². The van der Waals surface area contributed by atoms with Crippen molar-refractivity contribution in [3.63, 3.8) is 0 Å². The molecule has 0 heterocycles. The Balaban J connectivity index is 0.00000225. The first-order valence-electron chi connectivity index (χ1n) is 5.05. The summed E-state index contributed by atoms with van der Waals surface area (Å²) in [4.78, 5) is 12.8. The predicted molar refractivity (Wildman–Crippen MR) is 68.8 cm³/mol. The van der Waals surface area contributed by atoms with E-state index in [2.05, 4.69) is 18.7 Å². The van der Waals surface area contributed by atoms with Gasteiger partial charge in [-0.2, -0.15) is 0 Å². The Morgan fingerprint density at radius 3 is 2.19 bits per heavy atom. The summed E-state index contributed by atoms with van der Waals surface area (Å²) in [6.45, 7) is 5.27. The van der Waals surface area contributed by atoms with E-state index in [9.17, 15) is 4.79 Å². The molecule has 90 valence electrons. The Morgan fingerprint density at radius 2 is 1.81 bits per heavy atom. The number of carboxylic acid groups (broad SMARTS) is 1. The van der Waals surface area contributed by atoms with Crippen LogP contribution < -0.4 is 4.90 Å². The van der Waals surface area contributed by atoms with Gasteiger partial charge in [0.15, 0.2) is 0 Å². The lowest BCUT2D eigenvalue weighted by Gasteiger charge is -2.21. The number of rotatable bonds is 4. The molecule has 0 spiro atoms. The lowest BCUT2D eigenvalue weighted by atomic mass is 10.1. The number of anilines is 1. The fourth-order valence-corrected chi connectivity index (χ4v) is 1.51. The standard InChI is InChI=1S/C12H17NO2.ClH/c1-9(2)8-13(3)11-6-4-10(5-7-11)12(14)15;/h4-7,9H,8H2,1-3H3,(H,14,15);1H. The largest absolute Gasteiger partial charge is 0.478 e. The molecule has 0 saturated carbocycles. The summed E-state index contributed by atoms with van der Waals surface area (Å²) >= 11 is 0. The molecule has 1 rings (SSSR count).